The maximum absolute atomic E-state index is 13.2. The fourth-order valence-electron chi connectivity index (χ4n) is 4.04. The van der Waals surface area contributed by atoms with Gasteiger partial charge in [-0.2, -0.15) is 5.26 Å². The molecule has 0 fully saturated rings. The summed E-state index contributed by atoms with van der Waals surface area (Å²) < 4.78 is 5.46. The van der Waals surface area contributed by atoms with E-state index in [2.05, 4.69) is 21.0 Å². The van der Waals surface area contributed by atoms with Crippen molar-refractivity contribution in [1.82, 2.24) is 19.9 Å². The molecule has 0 saturated heterocycles. The number of nitriles is 1. The van der Waals surface area contributed by atoms with E-state index in [0.717, 1.165) is 16.3 Å². The highest BCUT2D eigenvalue weighted by Gasteiger charge is 2.21. The average molecular weight is 592 g/mol. The van der Waals surface area contributed by atoms with Crippen LogP contribution in [0, 0.1) is 11.3 Å². The molecule has 5 aromatic rings. The maximum atomic E-state index is 13.2. The summed E-state index contributed by atoms with van der Waals surface area (Å²) in [5, 5.41) is 32.7. The van der Waals surface area contributed by atoms with Crippen LogP contribution in [-0.2, 0) is 12.2 Å². The van der Waals surface area contributed by atoms with Crippen LogP contribution in [0.4, 0.5) is 0 Å². The third-order valence-corrected chi connectivity index (χ3v) is 8.03. The standard InChI is InChI=1S/C28H22ClN5O4S2/c29-18-5-1-17(2-6-18)27-31-19(14-39-27)15-40-28-21(13-30)23(16-3-7-20(8-4-16)38-12-11-36)24-25(34-28)32-22(9-10-35)33-26(24)37/h1-8,14,35-36H,9-12,15H2,(H,32,33,34,37). The van der Waals surface area contributed by atoms with Gasteiger partial charge in [-0.25, -0.2) is 15.0 Å². The normalized spacial score (nSPS) is 11.1. The summed E-state index contributed by atoms with van der Waals surface area (Å²) in [6, 6.07) is 16.6. The number of rotatable bonds is 10. The fraction of sp³-hybridized carbons (Fsp3) is 0.179. The van der Waals surface area contributed by atoms with Crippen molar-refractivity contribution in [2.24, 2.45) is 0 Å². The molecule has 3 aromatic heterocycles. The minimum absolute atomic E-state index is 0.118. The molecule has 3 heterocycles. The molecular weight excluding hydrogens is 570 g/mol. The third kappa shape index (κ3) is 6.01. The van der Waals surface area contributed by atoms with E-state index in [1.54, 1.807) is 24.3 Å². The highest BCUT2D eigenvalue weighted by Crippen LogP contribution is 2.37. The van der Waals surface area contributed by atoms with Crippen molar-refractivity contribution in [2.45, 2.75) is 17.2 Å². The minimum atomic E-state index is -0.447. The summed E-state index contributed by atoms with van der Waals surface area (Å²) in [6.07, 6.45) is 0.161. The number of aliphatic hydroxyl groups is 2. The first-order valence-electron chi connectivity index (χ1n) is 12.2. The zero-order valence-corrected chi connectivity index (χ0v) is 23.3. The van der Waals surface area contributed by atoms with Crippen LogP contribution in [0.3, 0.4) is 0 Å². The molecule has 3 N–H and O–H groups in total. The predicted molar refractivity (Wildman–Crippen MR) is 156 cm³/mol. The molecule has 0 unspecified atom stereocenters. The van der Waals surface area contributed by atoms with Crippen LogP contribution in [0.25, 0.3) is 32.7 Å². The third-order valence-electron chi connectivity index (χ3n) is 5.83. The van der Waals surface area contributed by atoms with Crippen LogP contribution in [0.5, 0.6) is 5.75 Å². The largest absolute Gasteiger partial charge is 0.491 e. The molecule has 0 saturated carbocycles. The van der Waals surface area contributed by atoms with Crippen LogP contribution in [0.1, 0.15) is 17.1 Å². The lowest BCUT2D eigenvalue weighted by Gasteiger charge is -2.13. The van der Waals surface area contributed by atoms with Gasteiger partial charge in [-0.15, -0.1) is 11.3 Å². The van der Waals surface area contributed by atoms with Gasteiger partial charge in [0.15, 0.2) is 5.65 Å². The quantitative estimate of drug-likeness (QED) is 0.194. The Kier molecular flexibility index (Phi) is 8.74. The van der Waals surface area contributed by atoms with E-state index >= 15 is 0 Å². The van der Waals surface area contributed by atoms with E-state index in [-0.39, 0.29) is 42.8 Å². The first-order valence-corrected chi connectivity index (χ1v) is 14.4. The number of aliphatic hydroxyl groups excluding tert-OH is 2. The van der Waals surface area contributed by atoms with Gasteiger partial charge < -0.3 is 19.9 Å². The number of thiazole rings is 1. The first kappa shape index (κ1) is 27.8. The molecule has 0 radical (unpaired) electrons. The summed E-state index contributed by atoms with van der Waals surface area (Å²) in [7, 11) is 0. The Morgan fingerprint density at radius 2 is 1.77 bits per heavy atom. The Morgan fingerprint density at radius 1 is 1.02 bits per heavy atom. The molecule has 0 aliphatic carbocycles. The molecule has 202 valence electrons. The van der Waals surface area contributed by atoms with E-state index < -0.39 is 5.56 Å². The van der Waals surface area contributed by atoms with Gasteiger partial charge in [0, 0.05) is 33.7 Å². The molecule has 0 aliphatic heterocycles. The Morgan fingerprint density at radius 3 is 2.48 bits per heavy atom. The van der Waals surface area contributed by atoms with Crippen molar-refractivity contribution in [3.63, 3.8) is 0 Å². The minimum Gasteiger partial charge on any atom is -0.491 e. The average Bonchev–Trinajstić information content (AvgIpc) is 3.44. The lowest BCUT2D eigenvalue weighted by Crippen LogP contribution is -2.16. The number of halogens is 1. The van der Waals surface area contributed by atoms with Crippen LogP contribution in [-0.4, -0.2) is 50.0 Å². The van der Waals surface area contributed by atoms with Crippen molar-refractivity contribution in [3.8, 4) is 33.5 Å². The molecule has 0 atom stereocenters. The topological polar surface area (TPSA) is 145 Å². The number of ether oxygens (including phenoxy) is 1. The molecule has 12 heteroatoms. The zero-order chi connectivity index (χ0) is 28.1. The van der Waals surface area contributed by atoms with Gasteiger partial charge in [-0.3, -0.25) is 4.79 Å². The van der Waals surface area contributed by atoms with Gasteiger partial charge in [0.05, 0.1) is 29.9 Å². The number of thioether (sulfide) groups is 1. The number of aromatic amines is 1. The molecule has 0 amide bonds. The van der Waals surface area contributed by atoms with Crippen LogP contribution in [0.15, 0.2) is 63.7 Å². The molecule has 2 aromatic carbocycles. The maximum Gasteiger partial charge on any atom is 0.261 e. The molecule has 9 nitrogen and oxygen atoms in total. The Balaban J connectivity index is 1.56. The first-order chi connectivity index (χ1) is 19.5. The van der Waals surface area contributed by atoms with E-state index in [4.69, 9.17) is 26.4 Å². The lowest BCUT2D eigenvalue weighted by molar-refractivity contribution is 0.201. The SMILES string of the molecule is N#Cc1c(SCc2csc(-c3ccc(Cl)cc3)n2)nc2nc(CCO)[nH]c(=O)c2c1-c1ccc(OCCO)cc1. The number of fused-ring (bicyclic) bond motifs is 1. The lowest BCUT2D eigenvalue weighted by atomic mass is 9.98. The molecule has 5 rings (SSSR count). The van der Waals surface area contributed by atoms with E-state index in [1.165, 1.54) is 23.1 Å². The number of benzene rings is 2. The van der Waals surface area contributed by atoms with Crippen LogP contribution >= 0.6 is 34.7 Å². The number of H-pyrrole nitrogens is 1. The summed E-state index contributed by atoms with van der Waals surface area (Å²) in [4.78, 5) is 29.7. The molecule has 0 aliphatic rings. The van der Waals surface area contributed by atoms with E-state index in [9.17, 15) is 15.2 Å². The fourth-order valence-corrected chi connectivity index (χ4v) is 5.97. The number of aromatic nitrogens is 4. The second-order valence-electron chi connectivity index (χ2n) is 8.50. The predicted octanol–water partition coefficient (Wildman–Crippen LogP) is 4.83. The van der Waals surface area contributed by atoms with Crippen LogP contribution in [0.2, 0.25) is 5.02 Å². The molecule has 0 bridgehead atoms. The van der Waals surface area contributed by atoms with Gasteiger partial charge in [0.25, 0.3) is 5.56 Å². The van der Waals surface area contributed by atoms with Crippen molar-refractivity contribution in [3.05, 3.63) is 86.4 Å². The highest BCUT2D eigenvalue weighted by atomic mass is 35.5. The highest BCUT2D eigenvalue weighted by molar-refractivity contribution is 7.98. The number of pyridine rings is 1. The second kappa shape index (κ2) is 12.6. The van der Waals surface area contributed by atoms with Gasteiger partial charge in [-0.1, -0.05) is 47.6 Å². The van der Waals surface area contributed by atoms with Gasteiger partial charge in [0.2, 0.25) is 0 Å². The zero-order valence-electron chi connectivity index (χ0n) is 20.9. The monoisotopic (exact) mass is 591 g/mol. The summed E-state index contributed by atoms with van der Waals surface area (Å²) >= 11 is 8.85. The molecule has 0 spiro atoms. The van der Waals surface area contributed by atoms with Crippen molar-refractivity contribution in [2.75, 3.05) is 19.8 Å². The van der Waals surface area contributed by atoms with Crippen molar-refractivity contribution >= 4 is 45.7 Å². The van der Waals surface area contributed by atoms with Gasteiger partial charge in [-0.05, 0) is 29.8 Å². The summed E-state index contributed by atoms with van der Waals surface area (Å²) in [5.74, 6) is 1.29. The summed E-state index contributed by atoms with van der Waals surface area (Å²) in [6.45, 7) is -0.156. The number of nitrogens with zero attached hydrogens (tertiary/aromatic N) is 4. The summed E-state index contributed by atoms with van der Waals surface area (Å²) in [5.41, 5.74) is 2.78. The van der Waals surface area contributed by atoms with Crippen molar-refractivity contribution < 1.29 is 14.9 Å². The second-order valence-corrected chi connectivity index (χ2v) is 10.8. The Hall–Kier alpha value is -3.79. The Bertz CT molecular complexity index is 1750. The number of nitrogens with one attached hydrogen (secondary N) is 1. The number of hydrogen-bond acceptors (Lipinski definition) is 10. The van der Waals surface area contributed by atoms with E-state index in [1.807, 2.05) is 29.6 Å². The smallest absolute Gasteiger partial charge is 0.261 e. The van der Waals surface area contributed by atoms with Gasteiger partial charge in [0.1, 0.15) is 34.3 Å². The van der Waals surface area contributed by atoms with Crippen LogP contribution < -0.4 is 10.3 Å². The van der Waals surface area contributed by atoms with Crippen molar-refractivity contribution in [1.29, 1.82) is 5.26 Å². The molecule has 40 heavy (non-hydrogen) atoms. The molecular formula is C28H22ClN5O4S2. The Labute approximate surface area is 242 Å². The van der Waals surface area contributed by atoms with Gasteiger partial charge >= 0.3 is 0 Å². The van der Waals surface area contributed by atoms with E-state index in [0.29, 0.717) is 38.5 Å². The number of hydrogen-bond donors (Lipinski definition) is 3.